The summed E-state index contributed by atoms with van der Waals surface area (Å²) >= 11 is 0. The van der Waals surface area contributed by atoms with Crippen molar-refractivity contribution in [2.24, 2.45) is 0 Å². The van der Waals surface area contributed by atoms with E-state index in [0.717, 1.165) is 33.8 Å². The predicted molar refractivity (Wildman–Crippen MR) is 171 cm³/mol. The molecule has 0 fully saturated rings. The highest BCUT2D eigenvalue weighted by molar-refractivity contribution is 5.63. The first-order valence-corrected chi connectivity index (χ1v) is 15.6. The fourth-order valence-electron chi connectivity index (χ4n) is 4.25. The van der Waals surface area contributed by atoms with Gasteiger partial charge in [0, 0.05) is 35.9 Å². The summed E-state index contributed by atoms with van der Waals surface area (Å²) in [5, 5.41) is 0. The predicted octanol–water partition coefficient (Wildman–Crippen LogP) is 3.91. The number of aromatic nitrogens is 4. The maximum atomic E-state index is 5.78. The van der Waals surface area contributed by atoms with Gasteiger partial charge in [0.2, 0.25) is 0 Å². The Morgan fingerprint density at radius 2 is 0.574 bits per heavy atom. The van der Waals surface area contributed by atoms with Crippen LogP contribution in [0.1, 0.15) is 0 Å². The number of hydrogen-bond acceptors (Lipinski definition) is 13. The van der Waals surface area contributed by atoms with E-state index >= 15 is 0 Å². The first-order chi connectivity index (χ1) is 23.3. The van der Waals surface area contributed by atoms with Crippen LogP contribution in [0.2, 0.25) is 0 Å². The minimum absolute atomic E-state index is 0.293. The van der Waals surface area contributed by atoms with E-state index in [1.165, 1.54) is 0 Å². The molecule has 2 aromatic heterocycles. The van der Waals surface area contributed by atoms with Crippen LogP contribution >= 0.6 is 0 Å². The molecular weight excluding hydrogens is 608 g/mol. The van der Waals surface area contributed by atoms with Crippen molar-refractivity contribution >= 4 is 0 Å². The normalized spacial score (nSPS) is 16.9. The summed E-state index contributed by atoms with van der Waals surface area (Å²) in [6.45, 7) is 5.97. The zero-order chi connectivity index (χ0) is 32.2. The summed E-state index contributed by atoms with van der Waals surface area (Å²) < 4.78 is 50.6. The Morgan fingerprint density at radius 1 is 0.298 bits per heavy atom. The molecule has 8 bridgehead atoms. The van der Waals surface area contributed by atoms with Crippen LogP contribution in [0.5, 0.6) is 23.5 Å². The van der Waals surface area contributed by atoms with Crippen LogP contribution in [-0.2, 0) is 23.7 Å². The lowest BCUT2D eigenvalue weighted by Gasteiger charge is -2.10. The van der Waals surface area contributed by atoms with Gasteiger partial charge in [0.1, 0.15) is 37.9 Å². The second kappa shape index (κ2) is 20.0. The van der Waals surface area contributed by atoms with Crippen LogP contribution in [0.3, 0.4) is 0 Å². The molecule has 0 atom stereocenters. The Kier molecular flexibility index (Phi) is 14.4. The molecule has 0 saturated carbocycles. The topological polar surface area (TPSA) is 135 Å². The van der Waals surface area contributed by atoms with Crippen molar-refractivity contribution in [3.8, 4) is 45.8 Å². The number of benzene rings is 2. The monoisotopic (exact) mass is 648 g/mol. The Labute approximate surface area is 274 Å². The lowest BCUT2D eigenvalue weighted by Crippen LogP contribution is -2.14. The standard InChI is InChI=1S/C34H40N4O9/c1-5-31-6-2-27(1)29-23-35-33(36-24-29)46-21-17-42-11-9-39-10-12-43-18-22-47-34-37-25-30(26-38-34)28-3-7-32(8-4-28)45-20-16-41-14-13-40-15-19-44-31/h1-8,23-26H,9-22H2. The minimum Gasteiger partial charge on any atom is -0.491 e. The number of nitrogens with zero attached hydrogens (tertiary/aromatic N) is 4. The molecular formula is C34H40N4O9. The smallest absolute Gasteiger partial charge is 0.316 e. The van der Waals surface area contributed by atoms with Crippen LogP contribution in [0.4, 0.5) is 0 Å². The second-order valence-corrected chi connectivity index (χ2v) is 10.0. The molecule has 8 aliphatic rings. The van der Waals surface area contributed by atoms with Crippen molar-refractivity contribution in [1.29, 1.82) is 0 Å². The summed E-state index contributed by atoms with van der Waals surface area (Å²) in [6, 6.07) is 16.0. The quantitative estimate of drug-likeness (QED) is 0.273. The largest absolute Gasteiger partial charge is 0.491 e. The SMILES string of the molecule is c1cc2ccc1OCCOCCOCCOc1ccc(cc1)-c1cnc(nc1)OCCOCCOCCOCCOc1ncc-2cn1. The molecule has 0 N–H and O–H groups in total. The van der Waals surface area contributed by atoms with E-state index in [9.17, 15) is 0 Å². The lowest BCUT2D eigenvalue weighted by molar-refractivity contribution is 0.00415. The van der Waals surface area contributed by atoms with Gasteiger partial charge >= 0.3 is 12.0 Å². The first-order valence-electron chi connectivity index (χ1n) is 15.6. The lowest BCUT2D eigenvalue weighted by atomic mass is 10.1. The van der Waals surface area contributed by atoms with Crippen molar-refractivity contribution in [2.75, 3.05) is 92.5 Å². The Bertz CT molecular complexity index is 1300. The summed E-state index contributed by atoms with van der Waals surface area (Å²) in [6.07, 6.45) is 6.90. The van der Waals surface area contributed by atoms with E-state index in [1.54, 1.807) is 24.8 Å². The molecule has 12 rings (SSSR count). The van der Waals surface area contributed by atoms with Crippen LogP contribution in [-0.4, -0.2) is 112 Å². The maximum absolute atomic E-state index is 5.78. The molecule has 0 saturated heterocycles. The summed E-state index contributed by atoms with van der Waals surface area (Å²) in [5.41, 5.74) is 3.69. The Hall–Kier alpha value is -4.40. The van der Waals surface area contributed by atoms with E-state index < -0.39 is 0 Å². The average Bonchev–Trinajstić information content (AvgIpc) is 3.12. The van der Waals surface area contributed by atoms with Gasteiger partial charge in [0.15, 0.2) is 0 Å². The molecule has 4 aromatic rings. The van der Waals surface area contributed by atoms with E-state index in [4.69, 9.17) is 42.6 Å². The molecule has 250 valence electrons. The third-order valence-corrected chi connectivity index (χ3v) is 6.66. The van der Waals surface area contributed by atoms with Gasteiger partial charge in [-0.05, 0) is 35.4 Å². The number of ether oxygens (including phenoxy) is 9. The molecule has 0 radical (unpaired) electrons. The molecule has 2 aromatic carbocycles. The minimum atomic E-state index is 0.293. The Morgan fingerprint density at radius 3 is 0.894 bits per heavy atom. The first kappa shape index (κ1) is 33.9. The molecule has 47 heavy (non-hydrogen) atoms. The van der Waals surface area contributed by atoms with Crippen molar-refractivity contribution < 1.29 is 42.6 Å². The fourth-order valence-corrected chi connectivity index (χ4v) is 4.25. The number of hydrogen-bond donors (Lipinski definition) is 0. The molecule has 0 aliphatic carbocycles. The van der Waals surface area contributed by atoms with E-state index in [1.807, 2.05) is 48.5 Å². The van der Waals surface area contributed by atoms with E-state index in [-0.39, 0.29) is 0 Å². The molecule has 0 spiro atoms. The Balaban J connectivity index is 1.06. The van der Waals surface area contributed by atoms with Gasteiger partial charge in [0.25, 0.3) is 0 Å². The highest BCUT2D eigenvalue weighted by Crippen LogP contribution is 2.23. The summed E-state index contributed by atoms with van der Waals surface area (Å²) in [7, 11) is 0. The van der Waals surface area contributed by atoms with Crippen LogP contribution in [0.25, 0.3) is 22.3 Å². The maximum Gasteiger partial charge on any atom is 0.316 e. The zero-order valence-electron chi connectivity index (χ0n) is 26.3. The van der Waals surface area contributed by atoms with Gasteiger partial charge in [-0.1, -0.05) is 24.3 Å². The van der Waals surface area contributed by atoms with Gasteiger partial charge in [-0.2, -0.15) is 0 Å². The van der Waals surface area contributed by atoms with E-state index in [2.05, 4.69) is 19.9 Å². The van der Waals surface area contributed by atoms with Crippen molar-refractivity contribution in [3.05, 3.63) is 73.3 Å². The highest BCUT2D eigenvalue weighted by atomic mass is 16.6. The third-order valence-electron chi connectivity index (χ3n) is 6.66. The van der Waals surface area contributed by atoms with Crippen molar-refractivity contribution in [2.45, 2.75) is 0 Å². The van der Waals surface area contributed by atoms with Crippen LogP contribution in [0, 0.1) is 0 Å². The third kappa shape index (κ3) is 12.4. The van der Waals surface area contributed by atoms with Crippen LogP contribution in [0.15, 0.2) is 73.3 Å². The molecule has 8 aliphatic heterocycles. The van der Waals surface area contributed by atoms with Gasteiger partial charge < -0.3 is 42.6 Å². The van der Waals surface area contributed by atoms with Gasteiger partial charge in [-0.15, -0.1) is 0 Å². The highest BCUT2D eigenvalue weighted by Gasteiger charge is 2.05. The second-order valence-electron chi connectivity index (χ2n) is 10.0. The molecule has 10 heterocycles. The number of rotatable bonds is 0. The molecule has 13 nitrogen and oxygen atoms in total. The van der Waals surface area contributed by atoms with Gasteiger partial charge in [0.05, 0.1) is 66.1 Å². The molecule has 13 heteroatoms. The van der Waals surface area contributed by atoms with Gasteiger partial charge in [-0.25, -0.2) is 19.9 Å². The summed E-state index contributed by atoms with van der Waals surface area (Å²) in [4.78, 5) is 17.2. The zero-order valence-corrected chi connectivity index (χ0v) is 26.3. The molecule has 0 unspecified atom stereocenters. The van der Waals surface area contributed by atoms with Gasteiger partial charge in [-0.3, -0.25) is 0 Å². The van der Waals surface area contributed by atoms with Crippen LogP contribution < -0.4 is 18.9 Å². The van der Waals surface area contributed by atoms with E-state index in [0.29, 0.717) is 105 Å². The van der Waals surface area contributed by atoms with Crippen molar-refractivity contribution in [1.82, 2.24) is 19.9 Å². The molecule has 0 amide bonds. The average molecular weight is 649 g/mol. The summed E-state index contributed by atoms with van der Waals surface area (Å²) in [5.74, 6) is 1.51. The van der Waals surface area contributed by atoms with Crippen molar-refractivity contribution in [3.63, 3.8) is 0 Å². The fraction of sp³-hybridized carbons (Fsp3) is 0.412.